The predicted molar refractivity (Wildman–Crippen MR) is 69.1 cm³/mol. The summed E-state index contributed by atoms with van der Waals surface area (Å²) in [6.45, 7) is 2.84. The van der Waals surface area contributed by atoms with Crippen molar-refractivity contribution in [3.8, 4) is 0 Å². The fourth-order valence-corrected chi connectivity index (χ4v) is 2.29. The van der Waals surface area contributed by atoms with Crippen LogP contribution in [-0.2, 0) is 6.54 Å². The van der Waals surface area contributed by atoms with Gasteiger partial charge in [-0.15, -0.1) is 5.10 Å². The van der Waals surface area contributed by atoms with Gasteiger partial charge in [0.05, 0.1) is 6.54 Å². The first-order chi connectivity index (χ1) is 10.2. The highest BCUT2D eigenvalue weighted by atomic mass is 19.4. The van der Waals surface area contributed by atoms with Crippen LogP contribution in [-0.4, -0.2) is 45.6 Å². The lowest BCUT2D eigenvalue weighted by molar-refractivity contribution is -0.123. The molecule has 2 rings (SSSR count). The largest absolute Gasteiger partial charge is 0.405 e. The van der Waals surface area contributed by atoms with Crippen LogP contribution in [0.1, 0.15) is 41.2 Å². The van der Waals surface area contributed by atoms with Gasteiger partial charge in [-0.2, -0.15) is 13.2 Å². The third-order valence-electron chi connectivity index (χ3n) is 3.10. The van der Waals surface area contributed by atoms with Crippen LogP contribution in [0.2, 0.25) is 0 Å². The first-order valence-electron chi connectivity index (χ1n) is 6.76. The van der Waals surface area contributed by atoms with Crippen molar-refractivity contribution in [3.63, 3.8) is 0 Å². The molecule has 122 valence electrons. The van der Waals surface area contributed by atoms with E-state index in [1.165, 1.54) is 4.68 Å². The van der Waals surface area contributed by atoms with Gasteiger partial charge in [-0.1, -0.05) is 19.1 Å². The minimum Gasteiger partial charge on any atom is -0.346 e. The summed E-state index contributed by atoms with van der Waals surface area (Å²) in [5.41, 5.74) is -0.510. The average Bonchev–Trinajstić information content (AvgIpc) is 2.78. The van der Waals surface area contributed by atoms with E-state index in [2.05, 4.69) is 15.6 Å². The van der Waals surface area contributed by atoms with Gasteiger partial charge in [-0.3, -0.25) is 9.59 Å². The minimum absolute atomic E-state index is 0.111. The Morgan fingerprint density at radius 2 is 2.18 bits per heavy atom. The number of carbonyl (C=O) groups excluding carboxylic acids is 2. The van der Waals surface area contributed by atoms with Crippen LogP contribution in [0.4, 0.5) is 13.2 Å². The zero-order chi connectivity index (χ0) is 16.5. The first kappa shape index (κ1) is 16.2. The normalized spacial score (nSPS) is 18.1. The maximum absolute atomic E-state index is 12.1. The Morgan fingerprint density at radius 1 is 1.50 bits per heavy atom. The maximum Gasteiger partial charge on any atom is 0.405 e. The number of halogens is 3. The lowest BCUT2D eigenvalue weighted by Crippen LogP contribution is -2.46. The topological polar surface area (TPSA) is 88.9 Å². The van der Waals surface area contributed by atoms with Crippen molar-refractivity contribution < 1.29 is 22.8 Å². The van der Waals surface area contributed by atoms with E-state index in [0.29, 0.717) is 12.5 Å². The molecule has 1 aromatic heterocycles. The second-order valence-corrected chi connectivity index (χ2v) is 5.57. The van der Waals surface area contributed by atoms with Crippen LogP contribution in [0, 0.1) is 5.92 Å². The molecule has 0 saturated heterocycles. The van der Waals surface area contributed by atoms with Crippen molar-refractivity contribution >= 4 is 11.8 Å². The summed E-state index contributed by atoms with van der Waals surface area (Å²) in [4.78, 5) is 23.8. The Balaban J connectivity index is 2.13. The molecule has 2 amide bonds. The Labute approximate surface area is 124 Å². The van der Waals surface area contributed by atoms with Crippen LogP contribution < -0.4 is 10.6 Å². The lowest BCUT2D eigenvalue weighted by atomic mass is 10.0. The van der Waals surface area contributed by atoms with Gasteiger partial charge >= 0.3 is 6.18 Å². The van der Waals surface area contributed by atoms with E-state index in [1.807, 2.05) is 13.8 Å². The third kappa shape index (κ3) is 3.74. The van der Waals surface area contributed by atoms with Crippen molar-refractivity contribution in [1.29, 1.82) is 0 Å². The van der Waals surface area contributed by atoms with Crippen LogP contribution >= 0.6 is 0 Å². The van der Waals surface area contributed by atoms with Crippen LogP contribution in [0.5, 0.6) is 0 Å². The molecular weight excluding hydrogens is 303 g/mol. The molecular formula is C12H16F3N5O2. The van der Waals surface area contributed by atoms with E-state index in [4.69, 9.17) is 0 Å². The molecule has 2 N–H and O–H groups in total. The number of alkyl halides is 3. The summed E-state index contributed by atoms with van der Waals surface area (Å²) in [6, 6.07) is -0.146. The van der Waals surface area contributed by atoms with Crippen molar-refractivity contribution in [2.45, 2.75) is 39.0 Å². The van der Waals surface area contributed by atoms with Crippen molar-refractivity contribution in [2.24, 2.45) is 5.92 Å². The van der Waals surface area contributed by atoms with E-state index in [-0.39, 0.29) is 11.7 Å². The Morgan fingerprint density at radius 3 is 2.77 bits per heavy atom. The van der Waals surface area contributed by atoms with E-state index < -0.39 is 30.2 Å². The molecule has 0 spiro atoms. The highest BCUT2D eigenvalue weighted by Gasteiger charge is 2.34. The molecule has 0 aliphatic carbocycles. The van der Waals surface area contributed by atoms with E-state index in [1.54, 1.807) is 5.32 Å². The van der Waals surface area contributed by atoms with Crippen molar-refractivity contribution in [2.75, 3.05) is 6.54 Å². The Bertz CT molecular complexity index is 582. The van der Waals surface area contributed by atoms with Crippen LogP contribution in [0.3, 0.4) is 0 Å². The molecule has 0 saturated carbocycles. The molecule has 0 fully saturated rings. The average molecular weight is 319 g/mol. The van der Waals surface area contributed by atoms with Gasteiger partial charge in [-0.05, 0) is 12.3 Å². The van der Waals surface area contributed by atoms with Gasteiger partial charge in [-0.25, -0.2) is 4.68 Å². The highest BCUT2D eigenvalue weighted by molar-refractivity contribution is 6.05. The smallest absolute Gasteiger partial charge is 0.346 e. The second kappa shape index (κ2) is 5.93. The van der Waals surface area contributed by atoms with Gasteiger partial charge in [0.25, 0.3) is 11.8 Å². The summed E-state index contributed by atoms with van der Waals surface area (Å²) >= 11 is 0. The van der Waals surface area contributed by atoms with Gasteiger partial charge in [0.2, 0.25) is 0 Å². The molecule has 22 heavy (non-hydrogen) atoms. The molecule has 0 bridgehead atoms. The summed E-state index contributed by atoms with van der Waals surface area (Å²) in [5, 5.41) is 11.6. The molecule has 1 aromatic rings. The lowest BCUT2D eigenvalue weighted by Gasteiger charge is -2.25. The maximum atomic E-state index is 12.1. The van der Waals surface area contributed by atoms with Crippen molar-refractivity contribution in [1.82, 2.24) is 25.6 Å². The third-order valence-corrected chi connectivity index (χ3v) is 3.10. The fourth-order valence-electron chi connectivity index (χ4n) is 2.29. The molecule has 7 nitrogen and oxygen atoms in total. The summed E-state index contributed by atoms with van der Waals surface area (Å²) in [5.74, 6) is -1.28. The number of hydrogen-bond acceptors (Lipinski definition) is 4. The predicted octanol–water partition coefficient (Wildman–Crippen LogP) is 0.728. The van der Waals surface area contributed by atoms with Crippen LogP contribution in [0.25, 0.3) is 0 Å². The SMILES string of the molecule is CC(C)C[C@H]1Cn2nnc(C(=O)NCC(F)(F)F)c2C(=O)N1. The van der Waals surface area contributed by atoms with E-state index in [9.17, 15) is 22.8 Å². The van der Waals surface area contributed by atoms with Gasteiger partial charge < -0.3 is 10.6 Å². The molecule has 1 aliphatic rings. The molecule has 0 unspecified atom stereocenters. The number of hydrogen-bond donors (Lipinski definition) is 2. The summed E-state index contributed by atoms with van der Waals surface area (Å²) in [6.07, 6.45) is -3.81. The van der Waals surface area contributed by atoms with E-state index >= 15 is 0 Å². The fraction of sp³-hybridized carbons (Fsp3) is 0.667. The van der Waals surface area contributed by atoms with Gasteiger partial charge in [0.1, 0.15) is 6.54 Å². The molecule has 0 aromatic carbocycles. The summed E-state index contributed by atoms with van der Waals surface area (Å²) in [7, 11) is 0. The Hall–Kier alpha value is -2.13. The highest BCUT2D eigenvalue weighted by Crippen LogP contribution is 2.17. The number of fused-ring (bicyclic) bond motifs is 1. The number of nitrogens with one attached hydrogen (secondary N) is 2. The number of rotatable bonds is 4. The van der Waals surface area contributed by atoms with Gasteiger partial charge in [0, 0.05) is 6.04 Å². The zero-order valence-electron chi connectivity index (χ0n) is 12.1. The van der Waals surface area contributed by atoms with Gasteiger partial charge in [0.15, 0.2) is 11.4 Å². The standard InChI is InChI=1S/C12H16F3N5O2/c1-6(2)3-7-4-20-9(11(22)17-7)8(18-19-20)10(21)16-5-12(13,14)15/h6-7H,3-5H2,1-2H3,(H,16,21)(H,17,22)/t7-/m0/s1. The molecule has 1 atom stereocenters. The van der Waals surface area contributed by atoms with E-state index in [0.717, 1.165) is 6.42 Å². The quantitative estimate of drug-likeness (QED) is 0.856. The minimum atomic E-state index is -4.53. The molecule has 0 radical (unpaired) electrons. The number of amides is 2. The monoisotopic (exact) mass is 319 g/mol. The van der Waals surface area contributed by atoms with Crippen LogP contribution in [0.15, 0.2) is 0 Å². The number of nitrogens with zero attached hydrogens (tertiary/aromatic N) is 3. The second-order valence-electron chi connectivity index (χ2n) is 5.57. The molecule has 10 heteroatoms. The summed E-state index contributed by atoms with van der Waals surface area (Å²) < 4.78 is 37.6. The molecule has 1 aliphatic heterocycles. The number of carbonyl (C=O) groups is 2. The number of aromatic nitrogens is 3. The van der Waals surface area contributed by atoms with Crippen molar-refractivity contribution in [3.05, 3.63) is 11.4 Å². The Kier molecular flexibility index (Phi) is 4.38. The first-order valence-corrected chi connectivity index (χ1v) is 6.76. The molecule has 2 heterocycles. The zero-order valence-corrected chi connectivity index (χ0v) is 12.1.